The summed E-state index contributed by atoms with van der Waals surface area (Å²) in [5.74, 6) is 1.44. The largest absolute Gasteiger partial charge is 0.487 e. The highest BCUT2D eigenvalue weighted by molar-refractivity contribution is 5.95. The van der Waals surface area contributed by atoms with Crippen molar-refractivity contribution in [1.82, 2.24) is 20.5 Å². The van der Waals surface area contributed by atoms with Crippen LogP contribution in [0.1, 0.15) is 40.4 Å². The van der Waals surface area contributed by atoms with E-state index in [1.165, 1.54) is 12.1 Å². The highest BCUT2D eigenvalue weighted by Crippen LogP contribution is 2.51. The maximum absolute atomic E-state index is 13.9. The lowest BCUT2D eigenvalue weighted by atomic mass is 10.0. The molecule has 2 aromatic rings. The molecule has 4 heterocycles. The van der Waals surface area contributed by atoms with Gasteiger partial charge in [-0.1, -0.05) is 12.6 Å². The van der Waals surface area contributed by atoms with E-state index < -0.39 is 17.6 Å². The molecule has 3 N–H and O–H groups in total. The number of halogens is 3. The Hall–Kier alpha value is -4.16. The Balaban J connectivity index is 1.07. The summed E-state index contributed by atoms with van der Waals surface area (Å²) < 4.78 is 53.7. The zero-order valence-corrected chi connectivity index (χ0v) is 23.6. The second-order valence-corrected chi connectivity index (χ2v) is 11.1. The topological polar surface area (TPSA) is 105 Å². The van der Waals surface area contributed by atoms with Gasteiger partial charge in [0.25, 0.3) is 5.91 Å². The lowest BCUT2D eigenvalue weighted by Gasteiger charge is -2.28. The van der Waals surface area contributed by atoms with Gasteiger partial charge in [-0.3, -0.25) is 14.5 Å². The van der Waals surface area contributed by atoms with E-state index in [1.807, 2.05) is 4.90 Å². The third-order valence-electron chi connectivity index (χ3n) is 8.13. The van der Waals surface area contributed by atoms with Crippen LogP contribution < -0.4 is 20.7 Å². The molecule has 1 saturated carbocycles. The quantitative estimate of drug-likeness (QED) is 0.417. The Bertz CT molecular complexity index is 1530. The first-order valence-corrected chi connectivity index (χ1v) is 14.2. The van der Waals surface area contributed by atoms with Crippen LogP contribution in [0.3, 0.4) is 0 Å². The molecule has 6 rings (SSSR count). The van der Waals surface area contributed by atoms with Gasteiger partial charge in [0.1, 0.15) is 29.2 Å². The molecule has 226 valence electrons. The molecule has 3 fully saturated rings. The number of pyridine rings is 1. The summed E-state index contributed by atoms with van der Waals surface area (Å²) in [4.78, 5) is 30.8. The summed E-state index contributed by atoms with van der Waals surface area (Å²) in [5, 5.41) is 8.75. The van der Waals surface area contributed by atoms with Crippen molar-refractivity contribution in [2.24, 2.45) is 5.92 Å². The summed E-state index contributed by atoms with van der Waals surface area (Å²) in [6.45, 7) is 8.87. The van der Waals surface area contributed by atoms with Gasteiger partial charge in [-0.05, 0) is 54.8 Å². The predicted octanol–water partition coefficient (Wildman–Crippen LogP) is 3.94. The van der Waals surface area contributed by atoms with E-state index in [-0.39, 0.29) is 41.6 Å². The van der Waals surface area contributed by atoms with Gasteiger partial charge in [-0.2, -0.15) is 13.2 Å². The van der Waals surface area contributed by atoms with Gasteiger partial charge < -0.3 is 25.4 Å². The monoisotopic (exact) mass is 595 g/mol. The van der Waals surface area contributed by atoms with Gasteiger partial charge in [0.05, 0.1) is 11.6 Å². The highest BCUT2D eigenvalue weighted by Gasteiger charge is 2.60. The number of fused-ring (bicyclic) bond motifs is 2. The zero-order chi connectivity index (χ0) is 30.3. The third-order valence-corrected chi connectivity index (χ3v) is 8.13. The molecular formula is C31H32F3N5O4. The molecule has 0 radical (unpaired) electrons. The van der Waals surface area contributed by atoms with Gasteiger partial charge in [0.15, 0.2) is 0 Å². The summed E-state index contributed by atoms with van der Waals surface area (Å²) >= 11 is 0. The Morgan fingerprint density at radius 2 is 2.05 bits per heavy atom. The second-order valence-electron chi connectivity index (χ2n) is 11.1. The van der Waals surface area contributed by atoms with Crippen LogP contribution in [0, 0.1) is 5.92 Å². The minimum absolute atomic E-state index is 0.0451. The molecular weight excluding hydrogens is 563 g/mol. The number of hydrogen-bond donors (Lipinski definition) is 3. The number of nitrogens with one attached hydrogen (secondary N) is 3. The van der Waals surface area contributed by atoms with Crippen LogP contribution >= 0.6 is 0 Å². The summed E-state index contributed by atoms with van der Waals surface area (Å²) in [5.41, 5.74) is 0.855. The van der Waals surface area contributed by atoms with E-state index in [2.05, 4.69) is 27.5 Å². The van der Waals surface area contributed by atoms with Gasteiger partial charge in [0, 0.05) is 62.4 Å². The van der Waals surface area contributed by atoms with E-state index in [1.54, 1.807) is 31.3 Å². The number of allylic oxidation sites excluding steroid dienone is 4. The molecule has 0 bridgehead atoms. The minimum atomic E-state index is -4.57. The molecule has 0 unspecified atom stereocenters. The molecule has 1 aliphatic carbocycles. The maximum atomic E-state index is 13.9. The van der Waals surface area contributed by atoms with Crippen LogP contribution in [0.4, 0.5) is 19.0 Å². The highest BCUT2D eigenvalue weighted by atomic mass is 19.4. The Kier molecular flexibility index (Phi) is 7.74. The molecule has 2 saturated heterocycles. The van der Waals surface area contributed by atoms with Crippen molar-refractivity contribution in [3.05, 3.63) is 88.5 Å². The number of anilines is 1. The average molecular weight is 596 g/mol. The van der Waals surface area contributed by atoms with Crippen molar-refractivity contribution in [1.29, 1.82) is 0 Å². The van der Waals surface area contributed by atoms with Crippen LogP contribution in [0.5, 0.6) is 5.75 Å². The number of alkyl halides is 3. The Labute approximate surface area is 246 Å². The number of ether oxygens (including phenoxy) is 2. The molecule has 43 heavy (non-hydrogen) atoms. The first kappa shape index (κ1) is 28.9. The number of rotatable bonds is 7. The van der Waals surface area contributed by atoms with Gasteiger partial charge in [0.2, 0.25) is 5.91 Å². The average Bonchev–Trinajstić information content (AvgIpc) is 3.54. The number of aromatic nitrogens is 1. The van der Waals surface area contributed by atoms with Gasteiger partial charge in [-0.15, -0.1) is 0 Å². The minimum Gasteiger partial charge on any atom is -0.487 e. The zero-order valence-electron chi connectivity index (χ0n) is 23.6. The number of piperazine rings is 1. The van der Waals surface area contributed by atoms with Crippen LogP contribution in [0.2, 0.25) is 0 Å². The van der Waals surface area contributed by atoms with E-state index >= 15 is 0 Å². The second kappa shape index (κ2) is 11.5. The molecule has 1 aromatic heterocycles. The van der Waals surface area contributed by atoms with Crippen LogP contribution in [-0.2, 0) is 28.7 Å². The number of carbonyl (C=O) groups is 2. The first-order valence-electron chi connectivity index (χ1n) is 14.2. The predicted molar refractivity (Wildman–Crippen MR) is 152 cm³/mol. The van der Waals surface area contributed by atoms with Crippen molar-refractivity contribution in [2.45, 2.75) is 44.6 Å². The van der Waals surface area contributed by atoms with Gasteiger partial charge in [-0.25, -0.2) is 4.98 Å². The molecule has 3 atom stereocenters. The Morgan fingerprint density at radius 3 is 2.77 bits per heavy atom. The number of benzene rings is 1. The van der Waals surface area contributed by atoms with E-state index in [4.69, 9.17) is 9.47 Å². The fourth-order valence-electron chi connectivity index (χ4n) is 5.77. The molecule has 0 spiro atoms. The van der Waals surface area contributed by atoms with Crippen molar-refractivity contribution >= 4 is 17.6 Å². The molecule has 3 aliphatic heterocycles. The van der Waals surface area contributed by atoms with Crippen molar-refractivity contribution in [3.8, 4) is 5.75 Å². The fraction of sp³-hybridized carbons (Fsp3) is 0.387. The Morgan fingerprint density at radius 1 is 1.26 bits per heavy atom. The normalized spacial score (nSPS) is 24.6. The number of hydrogen-bond acceptors (Lipinski definition) is 7. The number of amides is 2. The van der Waals surface area contributed by atoms with E-state index in [0.29, 0.717) is 54.6 Å². The third kappa shape index (κ3) is 6.16. The van der Waals surface area contributed by atoms with E-state index in [0.717, 1.165) is 24.7 Å². The molecule has 12 heteroatoms. The molecule has 2 amide bonds. The lowest BCUT2D eigenvalue weighted by Crippen LogP contribution is -2.43. The summed E-state index contributed by atoms with van der Waals surface area (Å²) in [7, 11) is 0. The van der Waals surface area contributed by atoms with Crippen LogP contribution in [0.25, 0.3) is 0 Å². The summed E-state index contributed by atoms with van der Waals surface area (Å²) in [6, 6.07) is 5.16. The van der Waals surface area contributed by atoms with Crippen molar-refractivity contribution < 1.29 is 32.2 Å². The lowest BCUT2D eigenvalue weighted by molar-refractivity contribution is -0.138. The SMILES string of the molecule is C=C1/C(=C\C=C(/C)Oc2ccnc3c2CCC(=O)N3)O[C@@H]2[C@@H](NC(=O)c3ccc(CN4CCNCC4)c(C(F)(F)F)c3)[C@H]12. The van der Waals surface area contributed by atoms with Crippen LogP contribution in [-0.4, -0.2) is 60.0 Å². The van der Waals surface area contributed by atoms with Gasteiger partial charge >= 0.3 is 6.18 Å². The van der Waals surface area contributed by atoms with Crippen molar-refractivity contribution in [2.75, 3.05) is 31.5 Å². The first-order chi connectivity index (χ1) is 20.6. The standard InChI is InChI=1S/C31H32F3N5O4/c1-17(42-24-9-10-36-29-21(24)6-8-25(40)37-29)3-7-23-18(2)26-27(28(26)43-23)38-30(41)19-4-5-20(22(15-19)31(32,33)34)16-39-13-11-35-12-14-39/h3-5,7,9-10,15,26-28,35H,2,6,8,11-14,16H2,1H3,(H,38,41)(H,36,37,40)/b17-3+,23-7+/t26-,27-,28-/m0/s1. The fourth-order valence-corrected chi connectivity index (χ4v) is 5.77. The van der Waals surface area contributed by atoms with E-state index in [9.17, 15) is 22.8 Å². The molecule has 1 aromatic carbocycles. The number of carbonyl (C=O) groups excluding carboxylic acids is 2. The van der Waals surface area contributed by atoms with Crippen molar-refractivity contribution in [3.63, 3.8) is 0 Å². The van der Waals surface area contributed by atoms with Crippen LogP contribution in [0.15, 0.2) is 66.3 Å². The smallest absolute Gasteiger partial charge is 0.416 e. The molecule has 9 nitrogen and oxygen atoms in total. The number of nitrogens with zero attached hydrogens (tertiary/aromatic N) is 2. The molecule has 4 aliphatic rings. The maximum Gasteiger partial charge on any atom is 0.416 e. The summed E-state index contributed by atoms with van der Waals surface area (Å²) in [6.07, 6.45) is 1.05.